The molecule has 0 saturated heterocycles. The molecule has 0 amide bonds. The third-order valence-electron chi connectivity index (χ3n) is 2.77. The lowest BCUT2D eigenvalue weighted by atomic mass is 10.2. The van der Waals surface area contributed by atoms with Crippen LogP contribution in [0.4, 0.5) is 5.69 Å². The molecule has 1 rings (SSSR count). The molecule has 7 heteroatoms. The van der Waals surface area contributed by atoms with Crippen molar-refractivity contribution in [3.05, 3.63) is 22.7 Å². The van der Waals surface area contributed by atoms with Crippen LogP contribution in [-0.4, -0.2) is 26.5 Å². The second-order valence-electron chi connectivity index (χ2n) is 4.42. The van der Waals surface area contributed by atoms with Crippen molar-refractivity contribution in [3.63, 3.8) is 0 Å². The average molecular weight is 323 g/mol. The minimum atomic E-state index is -3.59. The van der Waals surface area contributed by atoms with Crippen molar-refractivity contribution in [1.82, 2.24) is 4.72 Å². The third-order valence-corrected chi connectivity index (χ3v) is 5.34. The number of hydrogen-bond donors (Lipinski definition) is 2. The minimum Gasteiger partial charge on any atom is -0.398 e. The molecule has 0 radical (unpaired) electrons. The molecule has 0 heterocycles. The van der Waals surface area contributed by atoms with Crippen LogP contribution in [0.1, 0.15) is 18.9 Å². The Morgan fingerprint density at radius 2 is 2.11 bits per heavy atom. The van der Waals surface area contributed by atoms with Crippen LogP contribution in [0.15, 0.2) is 17.0 Å². The van der Waals surface area contributed by atoms with Gasteiger partial charge >= 0.3 is 0 Å². The molecule has 1 unspecified atom stereocenters. The predicted octanol–water partition coefficient (Wildman–Crippen LogP) is 2.65. The lowest BCUT2D eigenvalue weighted by Crippen LogP contribution is -2.33. The molecule has 1 aromatic rings. The fourth-order valence-electron chi connectivity index (χ4n) is 1.64. The predicted molar refractivity (Wildman–Crippen MR) is 83.4 cm³/mol. The van der Waals surface area contributed by atoms with E-state index >= 15 is 0 Å². The molecule has 0 saturated carbocycles. The summed E-state index contributed by atoms with van der Waals surface area (Å²) in [4.78, 5) is 0.147. The first kappa shape index (κ1) is 16.6. The van der Waals surface area contributed by atoms with E-state index in [-0.39, 0.29) is 10.9 Å². The molecular formula is C12H19ClN2O2S2. The number of anilines is 1. The lowest BCUT2D eigenvalue weighted by molar-refractivity contribution is 0.556. The van der Waals surface area contributed by atoms with Gasteiger partial charge in [0.2, 0.25) is 10.0 Å². The van der Waals surface area contributed by atoms with Gasteiger partial charge in [-0.25, -0.2) is 13.1 Å². The lowest BCUT2D eigenvalue weighted by Gasteiger charge is -2.16. The maximum Gasteiger partial charge on any atom is 0.241 e. The number of nitrogen functional groups attached to an aromatic ring is 1. The molecular weight excluding hydrogens is 304 g/mol. The van der Waals surface area contributed by atoms with Gasteiger partial charge in [0.05, 0.1) is 4.90 Å². The molecule has 0 bridgehead atoms. The zero-order chi connectivity index (χ0) is 14.6. The second-order valence-corrected chi connectivity index (χ2v) is 7.53. The molecule has 0 aromatic heterocycles. The first-order valence-electron chi connectivity index (χ1n) is 5.85. The Kier molecular flexibility index (Phi) is 5.98. The van der Waals surface area contributed by atoms with E-state index < -0.39 is 10.0 Å². The van der Waals surface area contributed by atoms with Crippen LogP contribution in [-0.2, 0) is 10.0 Å². The molecule has 108 valence electrons. The summed E-state index contributed by atoms with van der Waals surface area (Å²) in [5, 5.41) is 0.320. The summed E-state index contributed by atoms with van der Waals surface area (Å²) >= 11 is 7.56. The topological polar surface area (TPSA) is 72.2 Å². The quantitative estimate of drug-likeness (QED) is 0.790. The van der Waals surface area contributed by atoms with Crippen molar-refractivity contribution in [2.24, 2.45) is 0 Å². The molecule has 4 nitrogen and oxygen atoms in total. The number of benzene rings is 1. The molecule has 19 heavy (non-hydrogen) atoms. The Balaban J connectivity index is 3.01. The van der Waals surface area contributed by atoms with Crippen LogP contribution in [0.25, 0.3) is 0 Å². The van der Waals surface area contributed by atoms with Crippen molar-refractivity contribution in [3.8, 4) is 0 Å². The fraction of sp³-hybridized carbons (Fsp3) is 0.500. The number of halogens is 1. The maximum absolute atomic E-state index is 12.3. The molecule has 3 N–H and O–H groups in total. The molecule has 1 atom stereocenters. The van der Waals surface area contributed by atoms with Crippen LogP contribution in [0, 0.1) is 6.92 Å². The van der Waals surface area contributed by atoms with Gasteiger partial charge in [-0.3, -0.25) is 0 Å². The van der Waals surface area contributed by atoms with Crippen molar-refractivity contribution in [2.75, 3.05) is 17.7 Å². The summed E-state index contributed by atoms with van der Waals surface area (Å²) < 4.78 is 27.2. The van der Waals surface area contributed by atoms with Gasteiger partial charge < -0.3 is 5.73 Å². The second kappa shape index (κ2) is 6.83. The van der Waals surface area contributed by atoms with Crippen LogP contribution in [0.3, 0.4) is 0 Å². The van der Waals surface area contributed by atoms with Gasteiger partial charge in [0.25, 0.3) is 0 Å². The number of nitrogens with one attached hydrogen (secondary N) is 1. The molecule has 0 fully saturated rings. The van der Waals surface area contributed by atoms with Crippen LogP contribution in [0.2, 0.25) is 5.02 Å². The normalized spacial score (nSPS) is 13.5. The minimum absolute atomic E-state index is 0.128. The monoisotopic (exact) mass is 322 g/mol. The summed E-state index contributed by atoms with van der Waals surface area (Å²) in [5.74, 6) is 0.903. The van der Waals surface area contributed by atoms with E-state index in [1.807, 2.05) is 13.2 Å². The van der Waals surface area contributed by atoms with E-state index in [4.69, 9.17) is 17.3 Å². The molecule has 1 aromatic carbocycles. The van der Waals surface area contributed by atoms with Crippen molar-refractivity contribution < 1.29 is 8.42 Å². The molecule has 0 aliphatic rings. The van der Waals surface area contributed by atoms with Crippen LogP contribution >= 0.6 is 23.4 Å². The van der Waals surface area contributed by atoms with Gasteiger partial charge in [-0.15, -0.1) is 0 Å². The Morgan fingerprint density at radius 3 is 2.68 bits per heavy atom. The van der Waals surface area contributed by atoms with Crippen LogP contribution < -0.4 is 10.5 Å². The number of nitrogens with two attached hydrogens (primary N) is 1. The van der Waals surface area contributed by atoms with Gasteiger partial charge in [-0.05, 0) is 50.0 Å². The Hall–Kier alpha value is -0.430. The number of sulfonamides is 1. The van der Waals surface area contributed by atoms with E-state index in [9.17, 15) is 8.42 Å². The van der Waals surface area contributed by atoms with Gasteiger partial charge in [0.1, 0.15) is 0 Å². The maximum atomic E-state index is 12.3. The van der Waals surface area contributed by atoms with E-state index in [0.29, 0.717) is 16.3 Å². The highest BCUT2D eigenvalue weighted by Crippen LogP contribution is 2.26. The highest BCUT2D eigenvalue weighted by Gasteiger charge is 2.21. The van der Waals surface area contributed by atoms with Gasteiger partial charge in [0, 0.05) is 16.8 Å². The highest BCUT2D eigenvalue weighted by atomic mass is 35.5. The summed E-state index contributed by atoms with van der Waals surface area (Å²) in [6, 6.07) is 2.85. The first-order chi connectivity index (χ1) is 8.77. The number of thioether (sulfide) groups is 1. The Morgan fingerprint density at radius 1 is 1.47 bits per heavy atom. The zero-order valence-electron chi connectivity index (χ0n) is 11.2. The summed E-state index contributed by atoms with van der Waals surface area (Å²) in [6.45, 7) is 3.52. The summed E-state index contributed by atoms with van der Waals surface area (Å²) in [6.07, 6.45) is 2.76. The molecule has 0 aliphatic heterocycles. The zero-order valence-corrected chi connectivity index (χ0v) is 13.6. The highest BCUT2D eigenvalue weighted by molar-refractivity contribution is 7.98. The Labute approximate surface area is 124 Å². The van der Waals surface area contributed by atoms with Crippen molar-refractivity contribution in [1.29, 1.82) is 0 Å². The first-order valence-corrected chi connectivity index (χ1v) is 9.10. The van der Waals surface area contributed by atoms with Crippen molar-refractivity contribution >= 4 is 39.1 Å². The standard InChI is InChI=1S/C12H19ClN2O2S2/c1-8(4-5-18-3)15-19(16,17)12-7-10(13)6-11(14)9(12)2/h6-8,15H,4-5,14H2,1-3H3. The van der Waals surface area contributed by atoms with E-state index in [1.54, 1.807) is 24.8 Å². The van der Waals surface area contributed by atoms with E-state index in [2.05, 4.69) is 4.72 Å². The van der Waals surface area contributed by atoms with E-state index in [1.165, 1.54) is 6.07 Å². The summed E-state index contributed by atoms with van der Waals surface area (Å²) in [7, 11) is -3.59. The largest absolute Gasteiger partial charge is 0.398 e. The van der Waals surface area contributed by atoms with Gasteiger partial charge in [-0.2, -0.15) is 11.8 Å². The number of rotatable bonds is 6. The Bertz CT molecular complexity index is 547. The van der Waals surface area contributed by atoms with Crippen LogP contribution in [0.5, 0.6) is 0 Å². The number of hydrogen-bond acceptors (Lipinski definition) is 4. The van der Waals surface area contributed by atoms with Crippen molar-refractivity contribution in [2.45, 2.75) is 31.2 Å². The van der Waals surface area contributed by atoms with E-state index in [0.717, 1.165) is 12.2 Å². The van der Waals surface area contributed by atoms with Gasteiger partial charge in [-0.1, -0.05) is 11.6 Å². The SMILES string of the molecule is CSCCC(C)NS(=O)(=O)c1cc(Cl)cc(N)c1C. The smallest absolute Gasteiger partial charge is 0.241 e. The van der Waals surface area contributed by atoms with Gasteiger partial charge in [0.15, 0.2) is 0 Å². The molecule has 0 spiro atoms. The fourth-order valence-corrected chi connectivity index (χ4v) is 4.09. The summed E-state index contributed by atoms with van der Waals surface area (Å²) in [5.41, 5.74) is 6.65. The third kappa shape index (κ3) is 4.56. The average Bonchev–Trinajstić information content (AvgIpc) is 2.30. The molecule has 0 aliphatic carbocycles.